The molecule has 34 heavy (non-hydrogen) atoms. The van der Waals surface area contributed by atoms with Crippen molar-refractivity contribution < 1.29 is 9.53 Å². The summed E-state index contributed by atoms with van der Waals surface area (Å²) >= 11 is 7.34. The Labute approximate surface area is 205 Å². The van der Waals surface area contributed by atoms with Crippen LogP contribution in [0.1, 0.15) is 18.2 Å². The lowest BCUT2D eigenvalue weighted by Gasteiger charge is -2.13. The van der Waals surface area contributed by atoms with Crippen molar-refractivity contribution in [2.75, 3.05) is 18.2 Å². The molecular weight excluding hydrogens is 474 g/mol. The van der Waals surface area contributed by atoms with Crippen molar-refractivity contribution in [2.24, 2.45) is 0 Å². The van der Waals surface area contributed by atoms with Crippen LogP contribution in [-0.2, 0) is 17.9 Å². The van der Waals surface area contributed by atoms with E-state index in [0.717, 1.165) is 11.3 Å². The number of nitrogens with one attached hydrogen (secondary N) is 1. The molecule has 0 radical (unpaired) electrons. The van der Waals surface area contributed by atoms with Gasteiger partial charge >= 0.3 is 0 Å². The number of fused-ring (bicyclic) bond motifs is 1. The lowest BCUT2D eigenvalue weighted by Crippen LogP contribution is -2.26. The number of ether oxygens (including phenoxy) is 1. The average molecular weight is 498 g/mol. The summed E-state index contributed by atoms with van der Waals surface area (Å²) in [7, 11) is 1.61. The maximum Gasteiger partial charge on any atom is 0.280 e. The van der Waals surface area contributed by atoms with Crippen LogP contribution in [0.5, 0.6) is 5.75 Å². The number of hydrogen-bond donors (Lipinski definition) is 1. The predicted octanol–water partition coefficient (Wildman–Crippen LogP) is 4.36. The summed E-state index contributed by atoms with van der Waals surface area (Å²) in [6.07, 6.45) is 0. The van der Waals surface area contributed by atoms with Crippen LogP contribution in [0.15, 0.2) is 58.5 Å². The zero-order valence-electron chi connectivity index (χ0n) is 19.0. The minimum Gasteiger partial charge on any atom is -0.497 e. The Kier molecular flexibility index (Phi) is 7.23. The molecule has 0 bridgehead atoms. The first-order chi connectivity index (χ1) is 16.4. The van der Waals surface area contributed by atoms with Gasteiger partial charge in [-0.15, -0.1) is 0 Å². The number of para-hydroxylation sites is 1. The number of thioether (sulfide) groups is 1. The highest BCUT2D eigenvalue weighted by Crippen LogP contribution is 2.24. The van der Waals surface area contributed by atoms with Gasteiger partial charge in [0.05, 0.1) is 35.8 Å². The van der Waals surface area contributed by atoms with E-state index in [1.54, 1.807) is 40.6 Å². The van der Waals surface area contributed by atoms with Crippen molar-refractivity contribution in [3.8, 4) is 5.75 Å². The first-order valence-electron chi connectivity index (χ1n) is 10.7. The molecule has 0 saturated heterocycles. The zero-order chi connectivity index (χ0) is 24.2. The van der Waals surface area contributed by atoms with Crippen molar-refractivity contribution in [1.82, 2.24) is 19.3 Å². The van der Waals surface area contributed by atoms with E-state index in [1.165, 1.54) is 11.8 Å². The molecule has 1 N–H and O–H groups in total. The number of nitrogens with zero attached hydrogens (tertiary/aromatic N) is 4. The number of benzene rings is 2. The van der Waals surface area contributed by atoms with E-state index in [4.69, 9.17) is 21.3 Å². The molecule has 1 amide bonds. The molecule has 0 saturated carbocycles. The second-order valence-corrected chi connectivity index (χ2v) is 8.90. The van der Waals surface area contributed by atoms with Crippen molar-refractivity contribution in [3.05, 3.63) is 75.2 Å². The Hall–Kier alpha value is -3.30. The van der Waals surface area contributed by atoms with Gasteiger partial charge in [-0.05, 0) is 43.7 Å². The van der Waals surface area contributed by atoms with Gasteiger partial charge < -0.3 is 10.1 Å². The topological polar surface area (TPSA) is 91.0 Å². The highest BCUT2D eigenvalue weighted by atomic mass is 35.5. The number of aryl methyl sites for hydroxylation is 2. The van der Waals surface area contributed by atoms with E-state index >= 15 is 0 Å². The van der Waals surface area contributed by atoms with Gasteiger partial charge in [-0.2, -0.15) is 5.10 Å². The minimum atomic E-state index is -0.246. The summed E-state index contributed by atoms with van der Waals surface area (Å²) in [5, 5.41) is 8.17. The molecule has 0 spiro atoms. The number of amides is 1. The molecule has 0 unspecified atom stereocenters. The number of aromatic nitrogens is 4. The number of hydrogen-bond acceptors (Lipinski definition) is 6. The van der Waals surface area contributed by atoms with Crippen LogP contribution in [0.25, 0.3) is 11.0 Å². The second-order valence-electron chi connectivity index (χ2n) is 7.55. The molecule has 0 aliphatic heterocycles. The second kappa shape index (κ2) is 10.3. The average Bonchev–Trinajstić information content (AvgIpc) is 3.17. The molecule has 4 aromatic rings. The summed E-state index contributed by atoms with van der Waals surface area (Å²) in [4.78, 5) is 30.9. The zero-order valence-corrected chi connectivity index (χ0v) is 20.6. The SMILES string of the molecule is CCn1nc(C)c2nc(SCC(=O)Nc3ccccc3Cl)n(Cc3ccc(OC)cc3)c(=O)c21. The molecule has 2 aromatic heterocycles. The van der Waals surface area contributed by atoms with Gasteiger partial charge in [-0.3, -0.25) is 18.8 Å². The smallest absolute Gasteiger partial charge is 0.280 e. The summed E-state index contributed by atoms with van der Waals surface area (Å²) in [6.45, 7) is 4.61. The molecular formula is C24H24ClN5O3S. The van der Waals surface area contributed by atoms with Gasteiger partial charge in [0, 0.05) is 6.54 Å². The Morgan fingerprint density at radius 1 is 1.18 bits per heavy atom. The van der Waals surface area contributed by atoms with Gasteiger partial charge in [0.15, 0.2) is 10.7 Å². The van der Waals surface area contributed by atoms with E-state index in [0.29, 0.717) is 45.7 Å². The van der Waals surface area contributed by atoms with Crippen LogP contribution in [-0.4, -0.2) is 38.1 Å². The molecule has 4 rings (SSSR count). The normalized spacial score (nSPS) is 11.1. The summed E-state index contributed by atoms with van der Waals surface area (Å²) in [5.74, 6) is 0.548. The number of anilines is 1. The van der Waals surface area contributed by atoms with Gasteiger partial charge in [-0.25, -0.2) is 4.98 Å². The van der Waals surface area contributed by atoms with Crippen molar-refractivity contribution in [1.29, 1.82) is 0 Å². The molecule has 0 aliphatic carbocycles. The Bertz CT molecular complexity index is 1400. The molecule has 0 atom stereocenters. The lowest BCUT2D eigenvalue weighted by atomic mass is 10.2. The molecule has 0 fully saturated rings. The largest absolute Gasteiger partial charge is 0.497 e. The number of carbonyl (C=O) groups excluding carboxylic acids is 1. The molecule has 8 nitrogen and oxygen atoms in total. The highest BCUT2D eigenvalue weighted by Gasteiger charge is 2.19. The van der Waals surface area contributed by atoms with E-state index in [1.807, 2.05) is 38.1 Å². The van der Waals surface area contributed by atoms with E-state index in [9.17, 15) is 9.59 Å². The molecule has 2 heterocycles. The van der Waals surface area contributed by atoms with E-state index < -0.39 is 0 Å². The molecule has 10 heteroatoms. The van der Waals surface area contributed by atoms with Gasteiger partial charge in [0.2, 0.25) is 5.91 Å². The number of methoxy groups -OCH3 is 1. The summed E-state index contributed by atoms with van der Waals surface area (Å²) in [6, 6.07) is 14.5. The lowest BCUT2D eigenvalue weighted by molar-refractivity contribution is -0.113. The quantitative estimate of drug-likeness (QED) is 0.287. The maximum atomic E-state index is 13.6. The van der Waals surface area contributed by atoms with Crippen LogP contribution in [0.2, 0.25) is 5.02 Å². The monoisotopic (exact) mass is 497 g/mol. The van der Waals surface area contributed by atoms with Crippen LogP contribution in [0, 0.1) is 6.92 Å². The van der Waals surface area contributed by atoms with Gasteiger partial charge in [0.25, 0.3) is 5.56 Å². The molecule has 2 aromatic carbocycles. The van der Waals surface area contributed by atoms with Crippen LogP contribution >= 0.6 is 23.4 Å². The fourth-order valence-electron chi connectivity index (χ4n) is 3.56. The van der Waals surface area contributed by atoms with Gasteiger partial charge in [0.1, 0.15) is 11.3 Å². The first kappa shape index (κ1) is 23.8. The summed E-state index contributed by atoms with van der Waals surface area (Å²) in [5.41, 5.74) is 2.93. The van der Waals surface area contributed by atoms with E-state index in [-0.39, 0.29) is 17.2 Å². The highest BCUT2D eigenvalue weighted by molar-refractivity contribution is 7.99. The van der Waals surface area contributed by atoms with Crippen LogP contribution in [0.4, 0.5) is 5.69 Å². The van der Waals surface area contributed by atoms with Crippen molar-refractivity contribution >= 4 is 46.0 Å². The predicted molar refractivity (Wildman–Crippen MR) is 135 cm³/mol. The van der Waals surface area contributed by atoms with Crippen LogP contribution in [0.3, 0.4) is 0 Å². The van der Waals surface area contributed by atoms with Gasteiger partial charge in [-0.1, -0.05) is 47.6 Å². The standard InChI is InChI=1S/C24H24ClN5O3S/c1-4-30-22-21(15(2)28-30)27-24(34-14-20(31)26-19-8-6-5-7-18(19)25)29(23(22)32)13-16-9-11-17(33-3)12-10-16/h5-12H,4,13-14H2,1-3H3,(H,26,31). The Morgan fingerprint density at radius 3 is 2.59 bits per heavy atom. The molecule has 0 aliphatic rings. The third-order valence-electron chi connectivity index (χ3n) is 5.26. The van der Waals surface area contributed by atoms with Crippen molar-refractivity contribution in [2.45, 2.75) is 32.1 Å². The summed E-state index contributed by atoms with van der Waals surface area (Å²) < 4.78 is 8.49. The van der Waals surface area contributed by atoms with Crippen LogP contribution < -0.4 is 15.6 Å². The molecule has 176 valence electrons. The van der Waals surface area contributed by atoms with Crippen molar-refractivity contribution in [3.63, 3.8) is 0 Å². The maximum absolute atomic E-state index is 13.6. The number of halogens is 1. The first-order valence-corrected chi connectivity index (χ1v) is 12.1. The third kappa shape index (κ3) is 4.95. The number of carbonyl (C=O) groups is 1. The Balaban J connectivity index is 1.68. The third-order valence-corrected chi connectivity index (χ3v) is 6.57. The Morgan fingerprint density at radius 2 is 1.91 bits per heavy atom. The fraction of sp³-hybridized carbons (Fsp3) is 0.250. The minimum absolute atomic E-state index is 0.0622. The number of rotatable bonds is 8. The fourth-order valence-corrected chi connectivity index (χ4v) is 4.53. The van der Waals surface area contributed by atoms with E-state index in [2.05, 4.69) is 10.4 Å².